The number of aromatic nitrogens is 4. The van der Waals surface area contributed by atoms with E-state index in [0.29, 0.717) is 35.6 Å². The summed E-state index contributed by atoms with van der Waals surface area (Å²) in [5.41, 5.74) is 4.61. The molecule has 244 valence electrons. The maximum absolute atomic E-state index is 7.03. The summed E-state index contributed by atoms with van der Waals surface area (Å²) in [6.45, 7) is 10.6. The number of rotatable bonds is 12. The lowest BCUT2D eigenvalue weighted by Crippen LogP contribution is -2.44. The number of likely N-dealkylation sites (N-methyl/N-ethyl adjacent to an activating group) is 1. The third kappa shape index (κ3) is 8.01. The van der Waals surface area contributed by atoms with Gasteiger partial charge in [-0.3, -0.25) is 9.40 Å². The second-order valence-corrected chi connectivity index (χ2v) is 13.0. The van der Waals surface area contributed by atoms with Gasteiger partial charge < -0.3 is 19.3 Å². The van der Waals surface area contributed by atoms with Crippen molar-refractivity contribution in [3.05, 3.63) is 101 Å². The number of hydrogen-bond donors (Lipinski definition) is 1. The quantitative estimate of drug-likeness (QED) is 0.133. The van der Waals surface area contributed by atoms with Gasteiger partial charge in [-0.25, -0.2) is 4.98 Å². The van der Waals surface area contributed by atoms with Crippen LogP contribution in [0.4, 0.5) is 11.6 Å². The molecule has 0 spiro atoms. The molecule has 0 unspecified atom stereocenters. The van der Waals surface area contributed by atoms with E-state index in [4.69, 9.17) is 31.0 Å². The Hall–Kier alpha value is -4.25. The molecule has 1 fully saturated rings. The van der Waals surface area contributed by atoms with E-state index in [1.54, 1.807) is 0 Å². The fraction of sp³-hybridized carbons (Fsp3) is 0.306. The lowest BCUT2D eigenvalue weighted by Gasteiger charge is -2.34. The van der Waals surface area contributed by atoms with Gasteiger partial charge in [-0.05, 0) is 69.1 Å². The van der Waals surface area contributed by atoms with Crippen LogP contribution in [0.3, 0.4) is 0 Å². The van der Waals surface area contributed by atoms with E-state index in [1.165, 1.54) is 17.5 Å². The van der Waals surface area contributed by atoms with Crippen molar-refractivity contribution in [3.63, 3.8) is 0 Å². The zero-order chi connectivity index (χ0) is 32.8. The van der Waals surface area contributed by atoms with Crippen molar-refractivity contribution in [2.24, 2.45) is 0 Å². The SMILES string of the molecule is CCc1c(Oc2cccc(N3CCN(C)CC3)c2Cl)nc(NSc2cnn(Cc3ccccc3)c2)nc1-c1ccccc1OC(C)C. The molecular weight excluding hydrogens is 630 g/mol. The van der Waals surface area contributed by atoms with Gasteiger partial charge in [0.05, 0.1) is 35.1 Å². The number of nitrogens with zero attached hydrogens (tertiary/aromatic N) is 6. The number of benzene rings is 3. The second kappa shape index (κ2) is 15.1. The minimum Gasteiger partial charge on any atom is -0.490 e. The van der Waals surface area contributed by atoms with Crippen molar-refractivity contribution in [2.75, 3.05) is 42.8 Å². The second-order valence-electron chi connectivity index (χ2n) is 11.7. The Balaban J connectivity index is 1.33. The van der Waals surface area contributed by atoms with Crippen molar-refractivity contribution < 1.29 is 9.47 Å². The zero-order valence-corrected chi connectivity index (χ0v) is 28.8. The van der Waals surface area contributed by atoms with E-state index < -0.39 is 0 Å². The molecule has 0 aliphatic carbocycles. The highest BCUT2D eigenvalue weighted by molar-refractivity contribution is 8.00. The van der Waals surface area contributed by atoms with Crippen molar-refractivity contribution in [3.8, 4) is 28.6 Å². The maximum atomic E-state index is 7.03. The first kappa shape index (κ1) is 32.7. The molecule has 0 radical (unpaired) electrons. The van der Waals surface area contributed by atoms with Crippen molar-refractivity contribution in [1.29, 1.82) is 0 Å². The summed E-state index contributed by atoms with van der Waals surface area (Å²) in [5.74, 6) is 2.14. The number of ether oxygens (including phenoxy) is 2. The minimum absolute atomic E-state index is 0.00419. The summed E-state index contributed by atoms with van der Waals surface area (Å²) in [5, 5.41) is 5.11. The Bertz CT molecular complexity index is 1790. The van der Waals surface area contributed by atoms with Crippen LogP contribution in [0.15, 0.2) is 90.1 Å². The van der Waals surface area contributed by atoms with Crippen molar-refractivity contribution >= 4 is 35.2 Å². The van der Waals surface area contributed by atoms with E-state index in [2.05, 4.69) is 45.7 Å². The number of para-hydroxylation sites is 1. The first-order valence-electron chi connectivity index (χ1n) is 15.9. The fourth-order valence-corrected chi connectivity index (χ4v) is 6.35. The van der Waals surface area contributed by atoms with Crippen LogP contribution in [-0.2, 0) is 13.0 Å². The highest BCUT2D eigenvalue weighted by Gasteiger charge is 2.23. The van der Waals surface area contributed by atoms with Crippen LogP contribution in [-0.4, -0.2) is 64.0 Å². The summed E-state index contributed by atoms with van der Waals surface area (Å²) in [6, 6.07) is 24.1. The van der Waals surface area contributed by atoms with Crippen molar-refractivity contribution in [2.45, 2.75) is 44.7 Å². The fourth-order valence-electron chi connectivity index (χ4n) is 5.49. The highest BCUT2D eigenvalue weighted by Crippen LogP contribution is 2.41. The van der Waals surface area contributed by atoms with Gasteiger partial charge in [0, 0.05) is 43.5 Å². The first-order valence-corrected chi connectivity index (χ1v) is 17.1. The molecule has 6 rings (SSSR count). The lowest BCUT2D eigenvalue weighted by atomic mass is 10.0. The predicted octanol–water partition coefficient (Wildman–Crippen LogP) is 8.05. The Morgan fingerprint density at radius 2 is 1.66 bits per heavy atom. The molecule has 3 heterocycles. The average Bonchev–Trinajstić information content (AvgIpc) is 3.52. The smallest absolute Gasteiger partial charge is 0.237 e. The molecule has 47 heavy (non-hydrogen) atoms. The summed E-state index contributed by atoms with van der Waals surface area (Å²) in [4.78, 5) is 15.5. The van der Waals surface area contributed by atoms with Crippen molar-refractivity contribution in [1.82, 2.24) is 24.6 Å². The van der Waals surface area contributed by atoms with Crippen LogP contribution >= 0.6 is 23.5 Å². The van der Waals surface area contributed by atoms with E-state index in [1.807, 2.05) is 91.6 Å². The Labute approximate surface area is 286 Å². The maximum Gasteiger partial charge on any atom is 0.237 e. The molecule has 5 aromatic rings. The molecule has 0 bridgehead atoms. The number of halogens is 1. The van der Waals surface area contributed by atoms with Gasteiger partial charge in [0.1, 0.15) is 16.5 Å². The average molecular weight is 670 g/mol. The molecule has 0 atom stereocenters. The third-order valence-corrected chi connectivity index (χ3v) is 8.99. The standard InChI is InChI=1S/C36H40ClN7O2S/c1-5-28-34(29-14-9-10-16-31(29)45-25(2)3)39-36(41-47-27-22-38-44(24-27)23-26-12-7-6-8-13-26)40-35(28)46-32-17-11-15-30(33(32)37)43-20-18-42(4)19-21-43/h6-17,22,24-25H,5,18-21,23H2,1-4H3,(H,39,40,41). The minimum atomic E-state index is -0.00419. The molecule has 0 saturated carbocycles. The first-order chi connectivity index (χ1) is 22.9. The van der Waals surface area contributed by atoms with Crippen LogP contribution in [0.5, 0.6) is 17.4 Å². The van der Waals surface area contributed by atoms with Crippen LogP contribution in [0, 0.1) is 0 Å². The van der Waals surface area contributed by atoms with Gasteiger partial charge in [0.25, 0.3) is 0 Å². The Morgan fingerprint density at radius 3 is 2.43 bits per heavy atom. The van der Waals surface area contributed by atoms with E-state index in [9.17, 15) is 0 Å². The molecule has 11 heteroatoms. The summed E-state index contributed by atoms with van der Waals surface area (Å²) in [6.07, 6.45) is 4.46. The molecule has 3 aromatic carbocycles. The molecule has 1 N–H and O–H groups in total. The molecule has 2 aromatic heterocycles. The zero-order valence-electron chi connectivity index (χ0n) is 27.2. The van der Waals surface area contributed by atoms with E-state index in [0.717, 1.165) is 59.3 Å². The van der Waals surface area contributed by atoms with E-state index in [-0.39, 0.29) is 6.10 Å². The lowest BCUT2D eigenvalue weighted by molar-refractivity contribution is 0.243. The number of piperazine rings is 1. The van der Waals surface area contributed by atoms with Gasteiger partial charge in [0.15, 0.2) is 0 Å². The number of hydrogen-bond acceptors (Lipinski definition) is 9. The molecule has 1 aliphatic heterocycles. The predicted molar refractivity (Wildman–Crippen MR) is 191 cm³/mol. The molecule has 1 aliphatic rings. The largest absolute Gasteiger partial charge is 0.490 e. The summed E-state index contributed by atoms with van der Waals surface area (Å²) < 4.78 is 18.1. The van der Waals surface area contributed by atoms with E-state index >= 15 is 0 Å². The highest BCUT2D eigenvalue weighted by atomic mass is 35.5. The Morgan fingerprint density at radius 1 is 0.915 bits per heavy atom. The van der Waals surface area contributed by atoms with Crippen LogP contribution in [0.25, 0.3) is 11.3 Å². The number of nitrogens with one attached hydrogen (secondary N) is 1. The van der Waals surface area contributed by atoms with Gasteiger partial charge >= 0.3 is 0 Å². The van der Waals surface area contributed by atoms with Gasteiger partial charge in [0.2, 0.25) is 11.8 Å². The van der Waals surface area contributed by atoms with Crippen LogP contribution in [0.1, 0.15) is 31.9 Å². The molecular formula is C36H40ClN7O2S. The normalized spacial score (nSPS) is 13.6. The molecule has 0 amide bonds. The monoisotopic (exact) mass is 669 g/mol. The topological polar surface area (TPSA) is 80.6 Å². The molecule has 1 saturated heterocycles. The third-order valence-electron chi connectivity index (χ3n) is 7.88. The van der Waals surface area contributed by atoms with Gasteiger partial charge in [-0.15, -0.1) is 0 Å². The number of anilines is 2. The summed E-state index contributed by atoms with van der Waals surface area (Å²) in [7, 11) is 2.14. The van der Waals surface area contributed by atoms with Gasteiger partial charge in [-0.2, -0.15) is 10.1 Å². The van der Waals surface area contributed by atoms with Crippen LogP contribution in [0.2, 0.25) is 5.02 Å². The van der Waals surface area contributed by atoms with Crippen LogP contribution < -0.4 is 19.1 Å². The Kier molecular flexibility index (Phi) is 10.5. The summed E-state index contributed by atoms with van der Waals surface area (Å²) >= 11 is 8.43. The van der Waals surface area contributed by atoms with Gasteiger partial charge in [-0.1, -0.05) is 67.1 Å². The molecule has 9 nitrogen and oxygen atoms in total.